The van der Waals surface area contributed by atoms with Gasteiger partial charge in [-0.05, 0) is 43.7 Å². The molecule has 0 bridgehead atoms. The third-order valence-corrected chi connectivity index (χ3v) is 5.78. The normalized spacial score (nSPS) is 14.2. The summed E-state index contributed by atoms with van der Waals surface area (Å²) >= 11 is 0. The van der Waals surface area contributed by atoms with Crippen molar-refractivity contribution in [2.24, 2.45) is 12.8 Å². The number of carbonyl (C=O) groups is 1. The van der Waals surface area contributed by atoms with Crippen LogP contribution in [0, 0.1) is 0 Å². The van der Waals surface area contributed by atoms with E-state index in [1.54, 1.807) is 27.7 Å². The molecular formula is C24H25N7O. The standard InChI is InChI=1S/C24H25N7O/c1-24(2,25)17-5-7-18(8-6-17)31-22-16(13-29(3)23(31)32)11-26-20-10-9-19(28-21(20)22)15-12-27-30(4)14-15/h5-12,14H,13,25H2,1-4H3. The van der Waals surface area contributed by atoms with Gasteiger partial charge in [0.25, 0.3) is 0 Å². The van der Waals surface area contributed by atoms with E-state index in [9.17, 15) is 4.79 Å². The largest absolute Gasteiger partial charge is 0.329 e. The molecule has 0 radical (unpaired) electrons. The third-order valence-electron chi connectivity index (χ3n) is 5.78. The summed E-state index contributed by atoms with van der Waals surface area (Å²) in [6.07, 6.45) is 5.53. The van der Waals surface area contributed by atoms with Crippen molar-refractivity contribution in [1.29, 1.82) is 0 Å². The number of hydrogen-bond donors (Lipinski definition) is 1. The molecule has 4 heterocycles. The highest BCUT2D eigenvalue weighted by atomic mass is 16.2. The van der Waals surface area contributed by atoms with Crippen LogP contribution in [0.1, 0.15) is 25.0 Å². The number of pyridine rings is 2. The number of nitrogens with zero attached hydrogens (tertiary/aromatic N) is 6. The molecule has 0 spiro atoms. The van der Waals surface area contributed by atoms with Crippen LogP contribution >= 0.6 is 0 Å². The Kier molecular flexibility index (Phi) is 4.49. The number of fused-ring (bicyclic) bond motifs is 3. The summed E-state index contributed by atoms with van der Waals surface area (Å²) in [5.41, 5.74) is 12.4. The molecule has 1 aliphatic heterocycles. The summed E-state index contributed by atoms with van der Waals surface area (Å²) in [6, 6.07) is 11.6. The van der Waals surface area contributed by atoms with Gasteiger partial charge in [0, 0.05) is 43.2 Å². The van der Waals surface area contributed by atoms with Gasteiger partial charge in [-0.1, -0.05) is 12.1 Å². The van der Waals surface area contributed by atoms with Gasteiger partial charge in [0.1, 0.15) is 5.52 Å². The molecule has 0 atom stereocenters. The monoisotopic (exact) mass is 427 g/mol. The predicted octanol–water partition coefficient (Wildman–Crippen LogP) is 3.93. The van der Waals surface area contributed by atoms with Crippen LogP contribution in [0.4, 0.5) is 16.2 Å². The number of nitrogens with two attached hydrogens (primary N) is 1. The predicted molar refractivity (Wildman–Crippen MR) is 124 cm³/mol. The number of urea groups is 1. The van der Waals surface area contributed by atoms with Gasteiger partial charge in [-0.15, -0.1) is 0 Å². The molecule has 32 heavy (non-hydrogen) atoms. The molecule has 0 saturated carbocycles. The lowest BCUT2D eigenvalue weighted by atomic mass is 9.95. The summed E-state index contributed by atoms with van der Waals surface area (Å²) in [5.74, 6) is 0. The Labute approximate surface area is 186 Å². The van der Waals surface area contributed by atoms with Crippen molar-refractivity contribution in [3.63, 3.8) is 0 Å². The Balaban J connectivity index is 1.71. The lowest BCUT2D eigenvalue weighted by molar-refractivity contribution is 0.213. The van der Waals surface area contributed by atoms with Crippen LogP contribution in [0.3, 0.4) is 0 Å². The summed E-state index contributed by atoms with van der Waals surface area (Å²) < 4.78 is 1.74. The first-order valence-electron chi connectivity index (χ1n) is 10.4. The Bertz CT molecular complexity index is 1330. The zero-order valence-corrected chi connectivity index (χ0v) is 18.6. The summed E-state index contributed by atoms with van der Waals surface area (Å²) in [4.78, 5) is 26.3. The van der Waals surface area contributed by atoms with Gasteiger partial charge in [0.2, 0.25) is 0 Å². The minimum absolute atomic E-state index is 0.113. The smallest absolute Gasteiger partial charge is 0.323 e. The summed E-state index contributed by atoms with van der Waals surface area (Å²) in [5, 5.41) is 4.25. The zero-order valence-electron chi connectivity index (χ0n) is 18.6. The Hall–Kier alpha value is -3.78. The summed E-state index contributed by atoms with van der Waals surface area (Å²) in [6.45, 7) is 4.39. The van der Waals surface area contributed by atoms with Crippen LogP contribution in [0.5, 0.6) is 0 Å². The Morgan fingerprint density at radius 1 is 1.03 bits per heavy atom. The van der Waals surface area contributed by atoms with Gasteiger partial charge in [0.05, 0.1) is 35.3 Å². The van der Waals surface area contributed by atoms with Gasteiger partial charge < -0.3 is 10.6 Å². The molecule has 2 amide bonds. The van der Waals surface area contributed by atoms with Gasteiger partial charge in [-0.25, -0.2) is 9.78 Å². The van der Waals surface area contributed by atoms with Crippen molar-refractivity contribution >= 4 is 28.4 Å². The van der Waals surface area contributed by atoms with E-state index in [4.69, 9.17) is 10.7 Å². The van der Waals surface area contributed by atoms with E-state index in [2.05, 4.69) is 10.1 Å². The summed E-state index contributed by atoms with van der Waals surface area (Å²) in [7, 11) is 3.66. The van der Waals surface area contributed by atoms with E-state index >= 15 is 0 Å². The third kappa shape index (κ3) is 3.29. The van der Waals surface area contributed by atoms with Crippen LogP contribution in [0.2, 0.25) is 0 Å². The molecule has 8 heteroatoms. The minimum atomic E-state index is -0.462. The number of rotatable bonds is 3. The van der Waals surface area contributed by atoms with E-state index in [0.29, 0.717) is 12.1 Å². The van der Waals surface area contributed by atoms with Crippen molar-refractivity contribution in [3.05, 3.63) is 66.1 Å². The molecule has 4 aromatic rings. The molecule has 0 fully saturated rings. The second-order valence-electron chi connectivity index (χ2n) is 8.84. The molecule has 0 aliphatic carbocycles. The maximum atomic E-state index is 13.3. The van der Waals surface area contributed by atoms with Crippen LogP contribution in [0.15, 0.2) is 55.0 Å². The van der Waals surface area contributed by atoms with E-state index in [0.717, 1.165) is 39.3 Å². The molecular weight excluding hydrogens is 402 g/mol. The van der Waals surface area contributed by atoms with Crippen molar-refractivity contribution in [2.75, 3.05) is 11.9 Å². The number of anilines is 2. The number of aryl methyl sites for hydroxylation is 1. The van der Waals surface area contributed by atoms with Crippen LogP contribution in [-0.4, -0.2) is 37.7 Å². The number of aromatic nitrogens is 4. The molecule has 2 N–H and O–H groups in total. The first kappa shape index (κ1) is 20.1. The quantitative estimate of drug-likeness (QED) is 0.535. The van der Waals surface area contributed by atoms with Crippen LogP contribution < -0.4 is 10.6 Å². The van der Waals surface area contributed by atoms with Gasteiger partial charge in [-0.3, -0.25) is 14.6 Å². The SMILES string of the molecule is CN1Cc2cnc3ccc(-c4cnn(C)c4)nc3c2N(c2ccc(C(C)(C)N)cc2)C1=O. The molecule has 1 aromatic carbocycles. The maximum Gasteiger partial charge on any atom is 0.329 e. The molecule has 3 aromatic heterocycles. The van der Waals surface area contributed by atoms with Crippen LogP contribution in [0.25, 0.3) is 22.3 Å². The molecule has 162 valence electrons. The second kappa shape index (κ2) is 7.13. The average Bonchev–Trinajstić information content (AvgIpc) is 3.20. The van der Waals surface area contributed by atoms with E-state index < -0.39 is 5.54 Å². The number of amides is 2. The average molecular weight is 428 g/mol. The Morgan fingerprint density at radius 3 is 2.44 bits per heavy atom. The lowest BCUT2D eigenvalue weighted by Gasteiger charge is -2.35. The van der Waals surface area contributed by atoms with E-state index in [1.807, 2.05) is 69.7 Å². The number of benzene rings is 1. The van der Waals surface area contributed by atoms with Crippen molar-refractivity contribution in [3.8, 4) is 11.3 Å². The lowest BCUT2D eigenvalue weighted by Crippen LogP contribution is -2.42. The first-order chi connectivity index (χ1) is 15.2. The fourth-order valence-electron chi connectivity index (χ4n) is 4.04. The fourth-order valence-corrected chi connectivity index (χ4v) is 4.04. The number of carbonyl (C=O) groups excluding carboxylic acids is 1. The van der Waals surface area contributed by atoms with Crippen molar-refractivity contribution < 1.29 is 4.79 Å². The number of hydrogen-bond acceptors (Lipinski definition) is 5. The molecule has 1 aliphatic rings. The van der Waals surface area contributed by atoms with E-state index in [-0.39, 0.29) is 6.03 Å². The fraction of sp³-hybridized carbons (Fsp3) is 0.250. The first-order valence-corrected chi connectivity index (χ1v) is 10.4. The Morgan fingerprint density at radius 2 is 1.78 bits per heavy atom. The minimum Gasteiger partial charge on any atom is -0.323 e. The second-order valence-corrected chi connectivity index (χ2v) is 8.84. The van der Waals surface area contributed by atoms with E-state index in [1.165, 1.54) is 0 Å². The molecule has 8 nitrogen and oxygen atoms in total. The van der Waals surface area contributed by atoms with Gasteiger partial charge in [-0.2, -0.15) is 5.10 Å². The maximum absolute atomic E-state index is 13.3. The zero-order chi connectivity index (χ0) is 22.6. The van der Waals surface area contributed by atoms with Gasteiger partial charge >= 0.3 is 6.03 Å². The van der Waals surface area contributed by atoms with Gasteiger partial charge in [0.15, 0.2) is 0 Å². The van der Waals surface area contributed by atoms with Crippen molar-refractivity contribution in [2.45, 2.75) is 25.9 Å². The topological polar surface area (TPSA) is 93.2 Å². The van der Waals surface area contributed by atoms with Crippen LogP contribution in [-0.2, 0) is 19.1 Å². The highest BCUT2D eigenvalue weighted by Crippen LogP contribution is 2.39. The molecule has 0 saturated heterocycles. The molecule has 5 rings (SSSR count). The van der Waals surface area contributed by atoms with Crippen molar-refractivity contribution in [1.82, 2.24) is 24.6 Å². The molecule has 0 unspecified atom stereocenters. The highest BCUT2D eigenvalue weighted by molar-refractivity contribution is 6.08. The highest BCUT2D eigenvalue weighted by Gasteiger charge is 2.32.